The van der Waals surface area contributed by atoms with Gasteiger partial charge in [0, 0.05) is 18.8 Å². The van der Waals surface area contributed by atoms with Crippen molar-refractivity contribution in [2.75, 3.05) is 11.5 Å². The number of aryl methyl sites for hydroxylation is 1. The lowest BCUT2D eigenvalue weighted by Gasteiger charge is -2.12. The second-order valence-electron chi connectivity index (χ2n) is 5.28. The van der Waals surface area contributed by atoms with E-state index in [0.29, 0.717) is 11.0 Å². The van der Waals surface area contributed by atoms with Gasteiger partial charge in [-0.3, -0.25) is 14.2 Å². The highest BCUT2D eigenvalue weighted by Crippen LogP contribution is 2.10. The Labute approximate surface area is 132 Å². The van der Waals surface area contributed by atoms with Gasteiger partial charge in [0.2, 0.25) is 5.91 Å². The third kappa shape index (κ3) is 3.68. The SMILES string of the molecule is CCn1cc(C#N)c(=O)n(CC(=O)NC2CCS(=O)(=O)C2)c1=O. The van der Waals surface area contributed by atoms with E-state index in [1.165, 1.54) is 0 Å². The molecular weight excluding hydrogens is 324 g/mol. The molecule has 2 rings (SSSR count). The maximum atomic E-state index is 12.1. The maximum absolute atomic E-state index is 12.1. The number of hydrogen-bond donors (Lipinski definition) is 1. The van der Waals surface area contributed by atoms with Crippen LogP contribution in [0.25, 0.3) is 0 Å². The van der Waals surface area contributed by atoms with Crippen LogP contribution in [0.5, 0.6) is 0 Å². The summed E-state index contributed by atoms with van der Waals surface area (Å²) in [6.45, 7) is 1.36. The lowest BCUT2D eigenvalue weighted by atomic mass is 10.2. The molecule has 0 aliphatic carbocycles. The Morgan fingerprint density at radius 3 is 2.70 bits per heavy atom. The largest absolute Gasteiger partial charge is 0.351 e. The summed E-state index contributed by atoms with van der Waals surface area (Å²) in [6.07, 6.45) is 1.46. The highest BCUT2D eigenvalue weighted by molar-refractivity contribution is 7.91. The van der Waals surface area contributed by atoms with Crippen LogP contribution in [0, 0.1) is 11.3 Å². The van der Waals surface area contributed by atoms with Crippen LogP contribution in [0.15, 0.2) is 15.8 Å². The second kappa shape index (κ2) is 6.37. The van der Waals surface area contributed by atoms with Gasteiger partial charge in [0.05, 0.1) is 11.5 Å². The zero-order valence-corrected chi connectivity index (χ0v) is 13.3. The Bertz CT molecular complexity index is 890. The van der Waals surface area contributed by atoms with Gasteiger partial charge < -0.3 is 5.32 Å². The predicted octanol–water partition coefficient (Wildman–Crippen LogP) is -1.80. The zero-order valence-electron chi connectivity index (χ0n) is 12.5. The van der Waals surface area contributed by atoms with Crippen molar-refractivity contribution in [3.8, 4) is 6.07 Å². The molecule has 1 unspecified atom stereocenters. The zero-order chi connectivity index (χ0) is 17.2. The molecule has 0 radical (unpaired) electrons. The van der Waals surface area contributed by atoms with Gasteiger partial charge in [0.15, 0.2) is 9.84 Å². The van der Waals surface area contributed by atoms with E-state index in [9.17, 15) is 22.8 Å². The van der Waals surface area contributed by atoms with E-state index in [1.807, 2.05) is 0 Å². The Morgan fingerprint density at radius 1 is 1.48 bits per heavy atom. The quantitative estimate of drug-likeness (QED) is 0.688. The van der Waals surface area contributed by atoms with Gasteiger partial charge in [-0.1, -0.05) is 0 Å². The first-order valence-electron chi connectivity index (χ1n) is 7.01. The first-order valence-corrected chi connectivity index (χ1v) is 8.83. The fraction of sp³-hybridized carbons (Fsp3) is 0.538. The molecule has 10 heteroatoms. The molecule has 0 aromatic carbocycles. The Hall–Kier alpha value is -2.41. The third-order valence-corrected chi connectivity index (χ3v) is 5.37. The van der Waals surface area contributed by atoms with E-state index in [0.717, 1.165) is 10.8 Å². The Kier molecular flexibility index (Phi) is 4.70. The van der Waals surface area contributed by atoms with Gasteiger partial charge in [-0.25, -0.2) is 17.8 Å². The molecule has 1 fully saturated rings. The molecule has 124 valence electrons. The maximum Gasteiger partial charge on any atom is 0.331 e. The number of sulfone groups is 1. The number of nitrogens with one attached hydrogen (secondary N) is 1. The van der Waals surface area contributed by atoms with Gasteiger partial charge in [0.1, 0.15) is 18.2 Å². The van der Waals surface area contributed by atoms with Crippen LogP contribution in [0.3, 0.4) is 0 Å². The number of carbonyl (C=O) groups is 1. The second-order valence-corrected chi connectivity index (χ2v) is 7.51. The van der Waals surface area contributed by atoms with Crippen LogP contribution >= 0.6 is 0 Å². The van der Waals surface area contributed by atoms with Crippen LogP contribution < -0.4 is 16.6 Å². The van der Waals surface area contributed by atoms with E-state index in [2.05, 4.69) is 5.32 Å². The molecule has 0 spiro atoms. The van der Waals surface area contributed by atoms with E-state index < -0.39 is 39.6 Å². The van der Waals surface area contributed by atoms with Crippen LogP contribution in [-0.4, -0.2) is 41.0 Å². The molecule has 9 nitrogen and oxygen atoms in total. The van der Waals surface area contributed by atoms with Crippen molar-refractivity contribution >= 4 is 15.7 Å². The molecule has 1 saturated heterocycles. The Morgan fingerprint density at radius 2 is 2.17 bits per heavy atom. The summed E-state index contributed by atoms with van der Waals surface area (Å²) in [7, 11) is -3.14. The molecule has 0 bridgehead atoms. The van der Waals surface area contributed by atoms with Crippen LogP contribution in [0.2, 0.25) is 0 Å². The highest BCUT2D eigenvalue weighted by atomic mass is 32.2. The third-order valence-electron chi connectivity index (χ3n) is 3.60. The predicted molar refractivity (Wildman–Crippen MR) is 80.6 cm³/mol. The fourth-order valence-corrected chi connectivity index (χ4v) is 4.10. The van der Waals surface area contributed by atoms with Gasteiger partial charge in [0.25, 0.3) is 5.56 Å². The molecule has 1 aromatic rings. The first kappa shape index (κ1) is 17.0. The minimum atomic E-state index is -3.14. The number of carbonyl (C=O) groups excluding carboxylic acids is 1. The van der Waals surface area contributed by atoms with Crippen LogP contribution in [0.1, 0.15) is 18.9 Å². The molecule has 1 amide bonds. The summed E-state index contributed by atoms with van der Waals surface area (Å²) in [4.78, 5) is 36.1. The molecule has 1 aromatic heterocycles. The molecule has 23 heavy (non-hydrogen) atoms. The summed E-state index contributed by atoms with van der Waals surface area (Å²) >= 11 is 0. The molecule has 1 aliphatic heterocycles. The normalized spacial score (nSPS) is 19.2. The lowest BCUT2D eigenvalue weighted by molar-refractivity contribution is -0.122. The van der Waals surface area contributed by atoms with Crippen molar-refractivity contribution in [2.45, 2.75) is 32.5 Å². The number of nitrogens with zero attached hydrogens (tertiary/aromatic N) is 3. The monoisotopic (exact) mass is 340 g/mol. The summed E-state index contributed by atoms with van der Waals surface area (Å²) < 4.78 is 24.6. The van der Waals surface area contributed by atoms with Gasteiger partial charge in [-0.05, 0) is 13.3 Å². The average Bonchev–Trinajstić information content (AvgIpc) is 2.82. The van der Waals surface area contributed by atoms with Gasteiger partial charge in [-0.15, -0.1) is 0 Å². The van der Waals surface area contributed by atoms with Crippen LogP contribution in [-0.2, 0) is 27.7 Å². The number of aromatic nitrogens is 2. The lowest BCUT2D eigenvalue weighted by Crippen LogP contribution is -2.46. The van der Waals surface area contributed by atoms with Gasteiger partial charge >= 0.3 is 5.69 Å². The summed E-state index contributed by atoms with van der Waals surface area (Å²) in [5.74, 6) is -0.778. The smallest absolute Gasteiger partial charge is 0.331 e. The molecule has 0 saturated carbocycles. The van der Waals surface area contributed by atoms with E-state index in [-0.39, 0.29) is 23.6 Å². The molecule has 1 aliphatic rings. The minimum absolute atomic E-state index is 0.00442. The van der Waals surface area contributed by atoms with E-state index >= 15 is 0 Å². The van der Waals surface area contributed by atoms with E-state index in [4.69, 9.17) is 5.26 Å². The number of amides is 1. The number of nitriles is 1. The van der Waals surface area contributed by atoms with Crippen molar-refractivity contribution < 1.29 is 13.2 Å². The average molecular weight is 340 g/mol. The molecule has 1 atom stereocenters. The van der Waals surface area contributed by atoms with Crippen molar-refractivity contribution in [3.63, 3.8) is 0 Å². The number of rotatable bonds is 4. The van der Waals surface area contributed by atoms with Crippen molar-refractivity contribution in [2.24, 2.45) is 0 Å². The summed E-state index contributed by atoms with van der Waals surface area (Å²) in [5, 5.41) is 11.4. The first-order chi connectivity index (χ1) is 10.8. The molecule has 2 heterocycles. The van der Waals surface area contributed by atoms with E-state index in [1.54, 1.807) is 13.0 Å². The van der Waals surface area contributed by atoms with Crippen molar-refractivity contribution in [1.29, 1.82) is 5.26 Å². The van der Waals surface area contributed by atoms with Crippen molar-refractivity contribution in [1.82, 2.24) is 14.5 Å². The van der Waals surface area contributed by atoms with Crippen molar-refractivity contribution in [3.05, 3.63) is 32.6 Å². The molecular formula is C13H16N4O5S. The fourth-order valence-electron chi connectivity index (χ4n) is 2.42. The highest BCUT2D eigenvalue weighted by Gasteiger charge is 2.29. The van der Waals surface area contributed by atoms with Crippen LogP contribution in [0.4, 0.5) is 0 Å². The summed E-state index contributed by atoms with van der Waals surface area (Å²) in [5.41, 5.74) is -1.76. The standard InChI is InChI=1S/C13H16N4O5S/c1-2-16-6-9(5-14)12(19)17(13(16)20)7-11(18)15-10-3-4-23(21,22)8-10/h6,10H,2-4,7-8H2,1H3,(H,15,18). The summed E-state index contributed by atoms with van der Waals surface area (Å²) in [6, 6.07) is 1.17. The topological polar surface area (TPSA) is 131 Å². The minimum Gasteiger partial charge on any atom is -0.351 e. The van der Waals surface area contributed by atoms with Gasteiger partial charge in [-0.2, -0.15) is 5.26 Å². The Balaban J connectivity index is 2.23. The molecule has 1 N–H and O–H groups in total. The number of hydrogen-bond acceptors (Lipinski definition) is 6.